The quantitative estimate of drug-likeness (QED) is 0.893. The predicted molar refractivity (Wildman–Crippen MR) is 78.7 cm³/mol. The van der Waals surface area contributed by atoms with Gasteiger partial charge in [0, 0.05) is 38.5 Å². The number of nitrogens with zero attached hydrogens (tertiary/aromatic N) is 2. The number of nitrogens with two attached hydrogens (primary N) is 1. The van der Waals surface area contributed by atoms with Gasteiger partial charge in [-0.2, -0.15) is 0 Å². The Morgan fingerprint density at radius 1 is 1.47 bits per heavy atom. The van der Waals surface area contributed by atoms with Crippen molar-refractivity contribution in [2.75, 3.05) is 20.1 Å². The van der Waals surface area contributed by atoms with Crippen molar-refractivity contribution in [1.29, 1.82) is 0 Å². The molecular weight excluding hydrogens is 266 g/mol. The monoisotopic (exact) mass is 287 g/mol. The minimum Gasteiger partial charge on any atom is -0.341 e. The molecule has 0 radical (unpaired) electrons. The Hall–Kier alpha value is -1.33. The Morgan fingerprint density at radius 3 is 2.53 bits per heavy atom. The fourth-order valence-corrected chi connectivity index (χ4v) is 1.68. The normalized spacial score (nSPS) is 10.8. The minimum absolute atomic E-state index is 0. The van der Waals surface area contributed by atoms with Crippen LogP contribution in [0.5, 0.6) is 0 Å². The van der Waals surface area contributed by atoms with Crippen LogP contribution < -0.4 is 11.3 Å². The topological polar surface area (TPSA) is 68.3 Å². The van der Waals surface area contributed by atoms with Crippen LogP contribution in [0.1, 0.15) is 24.2 Å². The van der Waals surface area contributed by atoms with Gasteiger partial charge in [0.05, 0.1) is 0 Å². The Balaban J connectivity index is 0.00000324. The second-order valence-corrected chi connectivity index (χ2v) is 5.39. The molecule has 5 nitrogen and oxygen atoms in total. The molecule has 0 aliphatic carbocycles. The highest BCUT2D eigenvalue weighted by Crippen LogP contribution is 2.15. The van der Waals surface area contributed by atoms with E-state index in [0.717, 1.165) is 0 Å². The zero-order chi connectivity index (χ0) is 13.9. The predicted octanol–water partition coefficient (Wildman–Crippen LogP) is 0.864. The van der Waals surface area contributed by atoms with Crippen LogP contribution in [0.3, 0.4) is 0 Å². The molecule has 6 heteroatoms. The summed E-state index contributed by atoms with van der Waals surface area (Å²) in [5.74, 6) is -0.158. The van der Waals surface area contributed by atoms with Crippen LogP contribution in [0.25, 0.3) is 0 Å². The second-order valence-electron chi connectivity index (χ2n) is 5.39. The van der Waals surface area contributed by atoms with Gasteiger partial charge in [-0.1, -0.05) is 13.8 Å². The third-order valence-corrected chi connectivity index (χ3v) is 2.92. The van der Waals surface area contributed by atoms with Gasteiger partial charge in [0.15, 0.2) is 0 Å². The Kier molecular flexibility index (Phi) is 6.25. The maximum Gasteiger partial charge on any atom is 0.253 e. The maximum absolute atomic E-state index is 12.1. The lowest BCUT2D eigenvalue weighted by Gasteiger charge is -2.29. The Morgan fingerprint density at radius 2 is 2.05 bits per heavy atom. The molecule has 0 unspecified atom stereocenters. The molecule has 1 heterocycles. The first kappa shape index (κ1) is 17.7. The van der Waals surface area contributed by atoms with Crippen LogP contribution in [0.15, 0.2) is 23.1 Å². The minimum atomic E-state index is -0.188. The first-order chi connectivity index (χ1) is 8.26. The summed E-state index contributed by atoms with van der Waals surface area (Å²) in [7, 11) is 3.37. The molecule has 108 valence electrons. The number of halogens is 1. The van der Waals surface area contributed by atoms with Gasteiger partial charge in [-0.3, -0.25) is 9.59 Å². The molecule has 2 N–H and O–H groups in total. The summed E-state index contributed by atoms with van der Waals surface area (Å²) >= 11 is 0. The lowest BCUT2D eigenvalue weighted by Crippen LogP contribution is -2.40. The number of hydrogen-bond donors (Lipinski definition) is 1. The molecule has 0 bridgehead atoms. The van der Waals surface area contributed by atoms with Crippen molar-refractivity contribution in [3.05, 3.63) is 34.2 Å². The van der Waals surface area contributed by atoms with E-state index in [0.29, 0.717) is 18.7 Å². The Labute approximate surface area is 119 Å². The summed E-state index contributed by atoms with van der Waals surface area (Å²) in [6, 6.07) is 3.00. The largest absolute Gasteiger partial charge is 0.341 e. The maximum atomic E-state index is 12.1. The fourth-order valence-electron chi connectivity index (χ4n) is 1.68. The number of rotatable bonds is 4. The summed E-state index contributed by atoms with van der Waals surface area (Å²) in [6.07, 6.45) is 1.59. The molecule has 0 spiro atoms. The Bertz CT molecular complexity index is 497. The number of amides is 1. The van der Waals surface area contributed by atoms with E-state index in [9.17, 15) is 9.59 Å². The third-order valence-electron chi connectivity index (χ3n) is 2.92. The van der Waals surface area contributed by atoms with E-state index >= 15 is 0 Å². The summed E-state index contributed by atoms with van der Waals surface area (Å²) < 4.78 is 1.43. The van der Waals surface area contributed by atoms with Gasteiger partial charge in [-0.05, 0) is 18.0 Å². The van der Waals surface area contributed by atoms with E-state index in [-0.39, 0.29) is 29.3 Å². The average molecular weight is 288 g/mol. The number of carbonyl (C=O) groups excluding carboxylic acids is 1. The molecule has 0 saturated heterocycles. The van der Waals surface area contributed by atoms with Crippen molar-refractivity contribution in [3.63, 3.8) is 0 Å². The van der Waals surface area contributed by atoms with Gasteiger partial charge < -0.3 is 15.2 Å². The van der Waals surface area contributed by atoms with Gasteiger partial charge >= 0.3 is 0 Å². The molecule has 1 aromatic rings. The van der Waals surface area contributed by atoms with E-state index < -0.39 is 0 Å². The summed E-state index contributed by atoms with van der Waals surface area (Å²) in [6.45, 7) is 5.06. The molecule has 0 fully saturated rings. The molecule has 0 aromatic carbocycles. The van der Waals surface area contributed by atoms with Crippen molar-refractivity contribution in [1.82, 2.24) is 9.47 Å². The number of carbonyl (C=O) groups is 1. The van der Waals surface area contributed by atoms with Crippen molar-refractivity contribution in [2.24, 2.45) is 18.2 Å². The summed E-state index contributed by atoms with van der Waals surface area (Å²) in [4.78, 5) is 25.2. The van der Waals surface area contributed by atoms with Gasteiger partial charge in [0.1, 0.15) is 0 Å². The molecule has 0 aliphatic rings. The number of hydrogen-bond acceptors (Lipinski definition) is 3. The zero-order valence-electron chi connectivity index (χ0n) is 11.8. The standard InChI is InChI=1S/C13H21N3O2.ClH/c1-13(2,8-14)9-16(4)12(18)10-5-6-15(3)11(17)7-10;/h5-7H,8-9,14H2,1-4H3;1H. The molecule has 0 saturated carbocycles. The van der Waals surface area contributed by atoms with E-state index in [2.05, 4.69) is 0 Å². The smallest absolute Gasteiger partial charge is 0.253 e. The lowest BCUT2D eigenvalue weighted by molar-refractivity contribution is 0.0740. The first-order valence-electron chi connectivity index (χ1n) is 5.89. The SMILES string of the molecule is CN(CC(C)(C)CN)C(=O)c1ccn(C)c(=O)c1.Cl. The first-order valence-corrected chi connectivity index (χ1v) is 5.89. The van der Waals surface area contributed by atoms with Crippen LogP contribution >= 0.6 is 12.4 Å². The van der Waals surface area contributed by atoms with Crippen LogP contribution in [0.4, 0.5) is 0 Å². The molecular formula is C13H22ClN3O2. The van der Waals surface area contributed by atoms with Crippen LogP contribution in [0.2, 0.25) is 0 Å². The fraction of sp³-hybridized carbons (Fsp3) is 0.538. The second kappa shape index (κ2) is 6.73. The van der Waals surface area contributed by atoms with E-state index in [1.54, 1.807) is 31.3 Å². The molecule has 1 amide bonds. The molecule has 1 rings (SSSR count). The highest BCUT2D eigenvalue weighted by atomic mass is 35.5. The number of aromatic nitrogens is 1. The van der Waals surface area contributed by atoms with Gasteiger partial charge in [-0.15, -0.1) is 12.4 Å². The van der Waals surface area contributed by atoms with Gasteiger partial charge in [-0.25, -0.2) is 0 Å². The molecule has 0 aliphatic heterocycles. The van der Waals surface area contributed by atoms with E-state index in [1.165, 1.54) is 10.6 Å². The summed E-state index contributed by atoms with van der Waals surface area (Å²) in [5, 5.41) is 0. The summed E-state index contributed by atoms with van der Waals surface area (Å²) in [5.41, 5.74) is 5.73. The number of aryl methyl sites for hydroxylation is 1. The van der Waals surface area contributed by atoms with Crippen molar-refractivity contribution in [3.8, 4) is 0 Å². The molecule has 19 heavy (non-hydrogen) atoms. The average Bonchev–Trinajstić information content (AvgIpc) is 2.31. The lowest BCUT2D eigenvalue weighted by atomic mass is 9.93. The molecule has 1 aromatic heterocycles. The van der Waals surface area contributed by atoms with Crippen molar-refractivity contribution < 1.29 is 4.79 Å². The molecule has 0 atom stereocenters. The number of pyridine rings is 1. The third kappa shape index (κ3) is 4.69. The highest BCUT2D eigenvalue weighted by Gasteiger charge is 2.22. The van der Waals surface area contributed by atoms with Crippen LogP contribution in [-0.4, -0.2) is 35.5 Å². The highest BCUT2D eigenvalue weighted by molar-refractivity contribution is 5.93. The van der Waals surface area contributed by atoms with Gasteiger partial charge in [0.25, 0.3) is 11.5 Å². The van der Waals surface area contributed by atoms with E-state index in [4.69, 9.17) is 5.73 Å². The van der Waals surface area contributed by atoms with Crippen molar-refractivity contribution in [2.45, 2.75) is 13.8 Å². The zero-order valence-corrected chi connectivity index (χ0v) is 12.7. The van der Waals surface area contributed by atoms with Crippen LogP contribution in [0, 0.1) is 5.41 Å². The van der Waals surface area contributed by atoms with Crippen LogP contribution in [-0.2, 0) is 7.05 Å². The van der Waals surface area contributed by atoms with Gasteiger partial charge in [0.2, 0.25) is 0 Å². The van der Waals surface area contributed by atoms with Crippen molar-refractivity contribution >= 4 is 18.3 Å². The van der Waals surface area contributed by atoms with E-state index in [1.807, 2.05) is 13.8 Å².